The Morgan fingerprint density at radius 1 is 1.25 bits per heavy atom. The van der Waals surface area contributed by atoms with E-state index in [9.17, 15) is 14.7 Å². The van der Waals surface area contributed by atoms with Crippen LogP contribution in [0.5, 0.6) is 0 Å². The number of aliphatic hydroxyl groups is 1. The van der Waals surface area contributed by atoms with Gasteiger partial charge >= 0.3 is 0 Å². The number of ketones is 1. The molecule has 1 amide bonds. The standard InChI is InChI=1S/C18H21N3O3/c22-16(8-4-5-11-20-13-10-19-14-20)18(24)9-12-21(17(18)23)15-6-2-1-3-7-15/h1-3,6-7,10,13-14,24H,4-5,8-9,11-12H2/t18-/m0/s1. The third-order valence-corrected chi connectivity index (χ3v) is 4.45. The van der Waals surface area contributed by atoms with Crippen LogP contribution in [0.2, 0.25) is 0 Å². The lowest BCUT2D eigenvalue weighted by atomic mass is 9.93. The summed E-state index contributed by atoms with van der Waals surface area (Å²) in [5.41, 5.74) is -1.16. The van der Waals surface area contributed by atoms with Crippen molar-refractivity contribution in [3.8, 4) is 0 Å². The van der Waals surface area contributed by atoms with E-state index >= 15 is 0 Å². The second-order valence-corrected chi connectivity index (χ2v) is 6.08. The van der Waals surface area contributed by atoms with E-state index in [1.807, 2.05) is 29.0 Å². The predicted molar refractivity (Wildman–Crippen MR) is 89.4 cm³/mol. The maximum atomic E-state index is 12.5. The molecule has 0 saturated carbocycles. The number of amides is 1. The molecule has 0 unspecified atom stereocenters. The van der Waals surface area contributed by atoms with Crippen LogP contribution >= 0.6 is 0 Å². The molecule has 1 aliphatic heterocycles. The molecular formula is C18H21N3O3. The Morgan fingerprint density at radius 2 is 2.04 bits per heavy atom. The zero-order chi connectivity index (χ0) is 17.0. The van der Waals surface area contributed by atoms with Crippen molar-refractivity contribution in [2.45, 2.75) is 37.8 Å². The molecule has 1 atom stereocenters. The van der Waals surface area contributed by atoms with Gasteiger partial charge in [0.25, 0.3) is 5.91 Å². The number of carbonyl (C=O) groups is 2. The number of unbranched alkanes of at least 4 members (excludes halogenated alkanes) is 1. The van der Waals surface area contributed by atoms with Crippen LogP contribution in [0.15, 0.2) is 49.1 Å². The lowest BCUT2D eigenvalue weighted by molar-refractivity contribution is -0.147. The van der Waals surface area contributed by atoms with E-state index in [0.29, 0.717) is 18.7 Å². The van der Waals surface area contributed by atoms with Crippen molar-refractivity contribution in [1.29, 1.82) is 0 Å². The molecule has 1 saturated heterocycles. The number of nitrogens with zero attached hydrogens (tertiary/aromatic N) is 3. The lowest BCUT2D eigenvalue weighted by Crippen LogP contribution is -2.46. The van der Waals surface area contributed by atoms with E-state index in [-0.39, 0.29) is 18.6 Å². The number of aromatic nitrogens is 2. The average molecular weight is 327 g/mol. The maximum Gasteiger partial charge on any atom is 0.266 e. The highest BCUT2D eigenvalue weighted by molar-refractivity contribution is 6.16. The molecule has 0 radical (unpaired) electrons. The fraction of sp³-hybridized carbons (Fsp3) is 0.389. The molecule has 1 aromatic heterocycles. The van der Waals surface area contributed by atoms with Gasteiger partial charge in [0, 0.05) is 44.0 Å². The molecule has 3 rings (SSSR count). The van der Waals surface area contributed by atoms with Crippen LogP contribution in [0.25, 0.3) is 0 Å². The molecular weight excluding hydrogens is 306 g/mol. The number of para-hydroxylation sites is 1. The Hall–Kier alpha value is -2.47. The molecule has 126 valence electrons. The highest BCUT2D eigenvalue weighted by atomic mass is 16.3. The number of imidazole rings is 1. The second kappa shape index (κ2) is 6.97. The van der Waals surface area contributed by atoms with Gasteiger partial charge in [0.1, 0.15) is 0 Å². The summed E-state index contributed by atoms with van der Waals surface area (Å²) in [7, 11) is 0. The molecule has 0 bridgehead atoms. The quantitative estimate of drug-likeness (QED) is 0.621. The van der Waals surface area contributed by atoms with Gasteiger partial charge in [-0.1, -0.05) is 18.2 Å². The number of anilines is 1. The van der Waals surface area contributed by atoms with Gasteiger partial charge in [0.2, 0.25) is 5.60 Å². The van der Waals surface area contributed by atoms with Crippen LogP contribution in [0.4, 0.5) is 5.69 Å². The maximum absolute atomic E-state index is 12.5. The van der Waals surface area contributed by atoms with Crippen molar-refractivity contribution in [3.63, 3.8) is 0 Å². The normalized spacial score (nSPS) is 20.5. The first-order valence-corrected chi connectivity index (χ1v) is 8.20. The summed E-state index contributed by atoms with van der Waals surface area (Å²) in [5.74, 6) is -0.884. The highest BCUT2D eigenvalue weighted by Gasteiger charge is 2.50. The molecule has 1 aliphatic rings. The van der Waals surface area contributed by atoms with Crippen molar-refractivity contribution in [3.05, 3.63) is 49.1 Å². The molecule has 24 heavy (non-hydrogen) atoms. The number of carbonyl (C=O) groups excluding carboxylic acids is 2. The monoisotopic (exact) mass is 327 g/mol. The summed E-state index contributed by atoms with van der Waals surface area (Å²) in [6.07, 6.45) is 7.11. The molecule has 6 heteroatoms. The number of hydrogen-bond donors (Lipinski definition) is 1. The molecule has 0 spiro atoms. The van der Waals surface area contributed by atoms with Crippen molar-refractivity contribution < 1.29 is 14.7 Å². The van der Waals surface area contributed by atoms with Crippen molar-refractivity contribution in [1.82, 2.24) is 9.55 Å². The summed E-state index contributed by atoms with van der Waals surface area (Å²) in [4.78, 5) is 30.4. The molecule has 1 aromatic carbocycles. The third-order valence-electron chi connectivity index (χ3n) is 4.45. The Morgan fingerprint density at radius 3 is 2.75 bits per heavy atom. The Bertz CT molecular complexity index is 700. The summed E-state index contributed by atoms with van der Waals surface area (Å²) in [6.45, 7) is 1.13. The number of Topliss-reactive ketones (excluding diaryl/α,β-unsaturated/α-hetero) is 1. The third kappa shape index (κ3) is 3.23. The highest BCUT2D eigenvalue weighted by Crippen LogP contribution is 2.30. The van der Waals surface area contributed by atoms with Crippen LogP contribution in [0.1, 0.15) is 25.7 Å². The zero-order valence-corrected chi connectivity index (χ0v) is 13.5. The zero-order valence-electron chi connectivity index (χ0n) is 13.5. The Kier molecular flexibility index (Phi) is 4.76. The summed E-state index contributed by atoms with van der Waals surface area (Å²) < 4.78 is 1.94. The SMILES string of the molecule is O=C(CCCCn1ccnc1)[C@@]1(O)CCN(c2ccccc2)C1=O. The summed E-state index contributed by atoms with van der Waals surface area (Å²) in [5, 5.41) is 10.6. The van der Waals surface area contributed by atoms with E-state index in [1.54, 1.807) is 24.7 Å². The van der Waals surface area contributed by atoms with E-state index in [2.05, 4.69) is 4.98 Å². The smallest absolute Gasteiger partial charge is 0.266 e. The molecule has 1 N–H and O–H groups in total. The van der Waals surface area contributed by atoms with E-state index in [4.69, 9.17) is 0 Å². The van der Waals surface area contributed by atoms with Gasteiger partial charge in [-0.2, -0.15) is 0 Å². The Labute approximate surface area is 140 Å². The van der Waals surface area contributed by atoms with Gasteiger partial charge in [0.05, 0.1) is 6.33 Å². The molecule has 1 fully saturated rings. The van der Waals surface area contributed by atoms with Crippen LogP contribution in [0.3, 0.4) is 0 Å². The van der Waals surface area contributed by atoms with Crippen molar-refractivity contribution in [2.75, 3.05) is 11.4 Å². The molecule has 6 nitrogen and oxygen atoms in total. The van der Waals surface area contributed by atoms with Crippen LogP contribution in [-0.4, -0.2) is 38.5 Å². The minimum Gasteiger partial charge on any atom is -0.373 e. The lowest BCUT2D eigenvalue weighted by Gasteiger charge is -2.21. The fourth-order valence-corrected chi connectivity index (χ4v) is 3.02. The average Bonchev–Trinajstić information content (AvgIpc) is 3.22. The van der Waals surface area contributed by atoms with Crippen LogP contribution < -0.4 is 4.90 Å². The van der Waals surface area contributed by atoms with Crippen molar-refractivity contribution >= 4 is 17.4 Å². The first-order valence-electron chi connectivity index (χ1n) is 8.20. The van der Waals surface area contributed by atoms with Gasteiger partial charge in [0.15, 0.2) is 5.78 Å². The van der Waals surface area contributed by atoms with Crippen LogP contribution in [0, 0.1) is 0 Å². The van der Waals surface area contributed by atoms with E-state index < -0.39 is 11.5 Å². The first-order chi connectivity index (χ1) is 11.6. The van der Waals surface area contributed by atoms with E-state index in [0.717, 1.165) is 13.0 Å². The van der Waals surface area contributed by atoms with Gasteiger partial charge in [-0.15, -0.1) is 0 Å². The largest absolute Gasteiger partial charge is 0.373 e. The van der Waals surface area contributed by atoms with Crippen LogP contribution in [-0.2, 0) is 16.1 Å². The number of rotatable bonds is 7. The minimum absolute atomic E-state index is 0.154. The van der Waals surface area contributed by atoms with Gasteiger partial charge in [-0.3, -0.25) is 9.59 Å². The summed E-state index contributed by atoms with van der Waals surface area (Å²) in [6, 6.07) is 9.13. The number of aryl methyl sites for hydroxylation is 1. The van der Waals surface area contributed by atoms with E-state index in [1.165, 1.54) is 4.90 Å². The first kappa shape index (κ1) is 16.4. The summed E-state index contributed by atoms with van der Waals surface area (Å²) >= 11 is 0. The van der Waals surface area contributed by atoms with Gasteiger partial charge in [-0.05, 0) is 25.0 Å². The number of benzene rings is 1. The fourth-order valence-electron chi connectivity index (χ4n) is 3.02. The van der Waals surface area contributed by atoms with Gasteiger partial charge < -0.3 is 14.6 Å². The molecule has 2 heterocycles. The molecule has 0 aliphatic carbocycles. The Balaban J connectivity index is 1.55. The second-order valence-electron chi connectivity index (χ2n) is 6.08. The molecule has 2 aromatic rings. The topological polar surface area (TPSA) is 75.4 Å². The minimum atomic E-state index is -1.87. The van der Waals surface area contributed by atoms with Crippen molar-refractivity contribution in [2.24, 2.45) is 0 Å². The predicted octanol–water partition coefficient (Wildman–Crippen LogP) is 1.79. The van der Waals surface area contributed by atoms with Gasteiger partial charge in [-0.25, -0.2) is 4.98 Å². The number of hydrogen-bond acceptors (Lipinski definition) is 4.